The molecular weight excluding hydrogens is 546 g/mol. The number of methoxy groups -OCH3 is 1. The van der Waals surface area contributed by atoms with Crippen LogP contribution in [0.25, 0.3) is 0 Å². The van der Waals surface area contributed by atoms with Gasteiger partial charge in [-0.3, -0.25) is 9.59 Å². The number of carbonyl (C=O) groups excluding carboxylic acids is 3. The minimum Gasteiger partial charge on any atom is -0.497 e. The summed E-state index contributed by atoms with van der Waals surface area (Å²) in [4.78, 5) is 40.1. The van der Waals surface area contributed by atoms with Crippen LogP contribution < -0.4 is 21.1 Å². The van der Waals surface area contributed by atoms with Crippen molar-refractivity contribution < 1.29 is 33.0 Å². The maximum Gasteiger partial charge on any atom is 0.226 e. The van der Waals surface area contributed by atoms with E-state index in [0.717, 1.165) is 36.6 Å². The number of halogens is 2. The molecule has 5 N–H and O–H groups in total. The first-order valence-electron chi connectivity index (χ1n) is 14.4. The van der Waals surface area contributed by atoms with Gasteiger partial charge in [0.15, 0.2) is 0 Å². The molecule has 1 aliphatic rings. The number of carbonyl (C=O) groups is 3. The van der Waals surface area contributed by atoms with Gasteiger partial charge in [0.25, 0.3) is 0 Å². The molecule has 2 aromatic carbocycles. The topological polar surface area (TPSA) is 134 Å². The summed E-state index contributed by atoms with van der Waals surface area (Å²) in [6.45, 7) is 5.38. The van der Waals surface area contributed by atoms with E-state index in [4.69, 9.17) is 10.5 Å². The summed E-state index contributed by atoms with van der Waals surface area (Å²) >= 11 is 0. The minimum atomic E-state index is -1.16. The van der Waals surface area contributed by atoms with Gasteiger partial charge in [-0.25, -0.2) is 8.78 Å². The lowest BCUT2D eigenvalue weighted by Crippen LogP contribution is -2.49. The lowest BCUT2D eigenvalue weighted by atomic mass is 10.00. The molecule has 1 unspecified atom stereocenters. The monoisotopic (exact) mass is 588 g/mol. The predicted octanol–water partition coefficient (Wildman–Crippen LogP) is 2.19. The molecule has 1 aliphatic carbocycles. The second-order valence-electron chi connectivity index (χ2n) is 10.8. The summed E-state index contributed by atoms with van der Waals surface area (Å²) in [5.74, 6) is -3.96. The van der Waals surface area contributed by atoms with E-state index in [1.54, 1.807) is 12.0 Å². The lowest BCUT2D eigenvalue weighted by molar-refractivity contribution is -0.135. The number of rotatable bonds is 17. The number of hydrogen-bond donors (Lipinski definition) is 4. The van der Waals surface area contributed by atoms with Gasteiger partial charge in [-0.1, -0.05) is 26.0 Å². The second-order valence-corrected chi connectivity index (χ2v) is 10.8. The van der Waals surface area contributed by atoms with Gasteiger partial charge < -0.3 is 35.9 Å². The average Bonchev–Trinajstić information content (AvgIpc) is 3.71. The molecule has 42 heavy (non-hydrogen) atoms. The van der Waals surface area contributed by atoms with Gasteiger partial charge in [0.1, 0.15) is 23.7 Å². The third-order valence-electron chi connectivity index (χ3n) is 7.55. The van der Waals surface area contributed by atoms with Crippen molar-refractivity contribution >= 4 is 18.1 Å². The third-order valence-corrected chi connectivity index (χ3v) is 7.55. The van der Waals surface area contributed by atoms with Crippen molar-refractivity contribution in [3.05, 3.63) is 65.2 Å². The van der Waals surface area contributed by atoms with Crippen LogP contribution in [0.3, 0.4) is 0 Å². The number of nitrogens with two attached hydrogens (primary N) is 1. The quantitative estimate of drug-likeness (QED) is 0.208. The highest BCUT2D eigenvalue weighted by Crippen LogP contribution is 2.49. The van der Waals surface area contributed by atoms with Crippen LogP contribution in [0, 0.1) is 29.4 Å². The number of aldehydes is 1. The predicted molar refractivity (Wildman–Crippen MR) is 154 cm³/mol. The smallest absolute Gasteiger partial charge is 0.226 e. The van der Waals surface area contributed by atoms with Crippen LogP contribution in [0.1, 0.15) is 37.8 Å². The first kappa shape index (κ1) is 33.1. The Balaban J connectivity index is 1.77. The van der Waals surface area contributed by atoms with Gasteiger partial charge in [-0.2, -0.15) is 0 Å². The zero-order chi connectivity index (χ0) is 30.8. The summed E-state index contributed by atoms with van der Waals surface area (Å²) in [5, 5.41) is 17.0. The molecule has 0 saturated heterocycles. The number of ether oxygens (including phenoxy) is 1. The Morgan fingerprint density at radius 2 is 1.74 bits per heavy atom. The first-order chi connectivity index (χ1) is 20.1. The molecule has 0 radical (unpaired) electrons. The van der Waals surface area contributed by atoms with Crippen molar-refractivity contribution in [2.24, 2.45) is 23.5 Å². The van der Waals surface area contributed by atoms with Gasteiger partial charge in [0, 0.05) is 38.2 Å². The van der Waals surface area contributed by atoms with Crippen LogP contribution in [-0.4, -0.2) is 73.0 Å². The fourth-order valence-corrected chi connectivity index (χ4v) is 5.48. The maximum atomic E-state index is 14.0. The van der Waals surface area contributed by atoms with Crippen LogP contribution in [-0.2, 0) is 27.3 Å². The van der Waals surface area contributed by atoms with Crippen LogP contribution in [0.2, 0.25) is 0 Å². The number of aliphatic hydroxyl groups excluding tert-OH is 1. The molecule has 6 atom stereocenters. The molecule has 1 fully saturated rings. The summed E-state index contributed by atoms with van der Waals surface area (Å²) < 4.78 is 33.1. The Labute approximate surface area is 245 Å². The standard InChI is InChI=1S/C31H42F2N4O5/c1-4-9-37(10-5-2)31(41)29-27(24(34)18-38)28(29)30(40)36-25(14-20-11-21(32)15-22(33)12-20)26(39)17-35-16-19-7-6-8-23(13-19)42-3/h6-8,11-13,15,18,24-29,35,39H,4-5,9-10,14,16-17,34H2,1-3H3,(H,36,40)/t24?,25-,26+,27-,28+,29+/m0/s1. The van der Waals surface area contributed by atoms with Gasteiger partial charge in [-0.05, 0) is 54.7 Å². The van der Waals surface area contributed by atoms with Crippen molar-refractivity contribution in [2.45, 2.75) is 57.8 Å². The zero-order valence-corrected chi connectivity index (χ0v) is 24.4. The van der Waals surface area contributed by atoms with E-state index >= 15 is 0 Å². The fourth-order valence-electron chi connectivity index (χ4n) is 5.48. The Hall–Kier alpha value is -3.41. The molecule has 1 saturated carbocycles. The van der Waals surface area contributed by atoms with E-state index < -0.39 is 53.5 Å². The number of hydrogen-bond acceptors (Lipinski definition) is 7. The third kappa shape index (κ3) is 8.80. The number of benzene rings is 2. The number of amides is 2. The van der Waals surface area contributed by atoms with Crippen molar-refractivity contribution in [1.82, 2.24) is 15.5 Å². The van der Waals surface area contributed by atoms with Crippen LogP contribution >= 0.6 is 0 Å². The summed E-state index contributed by atoms with van der Waals surface area (Å²) in [7, 11) is 1.56. The highest BCUT2D eigenvalue weighted by molar-refractivity contribution is 5.94. The molecule has 0 spiro atoms. The molecule has 0 heterocycles. The number of nitrogens with one attached hydrogen (secondary N) is 2. The summed E-state index contributed by atoms with van der Waals surface area (Å²) in [5.41, 5.74) is 7.15. The van der Waals surface area contributed by atoms with Crippen molar-refractivity contribution in [1.29, 1.82) is 0 Å². The zero-order valence-electron chi connectivity index (χ0n) is 24.4. The Morgan fingerprint density at radius 3 is 2.33 bits per heavy atom. The largest absolute Gasteiger partial charge is 0.497 e. The molecule has 0 aromatic heterocycles. The molecule has 230 valence electrons. The molecule has 3 rings (SSSR count). The molecular formula is C31H42F2N4O5. The maximum absolute atomic E-state index is 14.0. The minimum absolute atomic E-state index is 0.0467. The molecule has 0 aliphatic heterocycles. The average molecular weight is 589 g/mol. The van der Waals surface area contributed by atoms with E-state index in [2.05, 4.69) is 10.6 Å². The number of nitrogens with zero attached hydrogens (tertiary/aromatic N) is 1. The van der Waals surface area contributed by atoms with Crippen molar-refractivity contribution in [3.8, 4) is 5.75 Å². The Bertz CT molecular complexity index is 1190. The number of aliphatic hydroxyl groups is 1. The Kier molecular flexibility index (Phi) is 12.4. The molecule has 0 bridgehead atoms. The highest BCUT2D eigenvalue weighted by atomic mass is 19.1. The van der Waals surface area contributed by atoms with E-state index in [-0.39, 0.29) is 24.4 Å². The molecule has 9 nitrogen and oxygen atoms in total. The summed E-state index contributed by atoms with van der Waals surface area (Å²) in [6, 6.07) is 8.43. The van der Waals surface area contributed by atoms with Gasteiger partial charge >= 0.3 is 0 Å². The fraction of sp³-hybridized carbons (Fsp3) is 0.516. The molecule has 2 aromatic rings. The van der Waals surface area contributed by atoms with Crippen molar-refractivity contribution in [2.75, 3.05) is 26.7 Å². The molecule has 11 heteroatoms. The normalized spacial score (nSPS) is 19.8. The second kappa shape index (κ2) is 15.7. The molecule has 2 amide bonds. The van der Waals surface area contributed by atoms with E-state index in [9.17, 15) is 28.3 Å². The van der Waals surface area contributed by atoms with Gasteiger partial charge in [0.05, 0.1) is 37.1 Å². The van der Waals surface area contributed by atoms with Crippen LogP contribution in [0.4, 0.5) is 8.78 Å². The van der Waals surface area contributed by atoms with E-state index in [0.29, 0.717) is 31.7 Å². The first-order valence-corrected chi connectivity index (χ1v) is 14.4. The van der Waals surface area contributed by atoms with Crippen molar-refractivity contribution in [3.63, 3.8) is 0 Å². The summed E-state index contributed by atoms with van der Waals surface area (Å²) in [6.07, 6.45) is 0.776. The Morgan fingerprint density at radius 1 is 1.07 bits per heavy atom. The van der Waals surface area contributed by atoms with Gasteiger partial charge in [-0.15, -0.1) is 0 Å². The van der Waals surface area contributed by atoms with Gasteiger partial charge in [0.2, 0.25) is 11.8 Å². The SMILES string of the molecule is CCCN(CCC)C(=O)[C@H]1[C@H](C(=O)N[C@@H](Cc2cc(F)cc(F)c2)[C@H](O)CNCc2cccc(OC)c2)[C@@H]1C(N)C=O. The van der Waals surface area contributed by atoms with Crippen LogP contribution in [0.5, 0.6) is 5.75 Å². The highest BCUT2D eigenvalue weighted by Gasteiger charge is 2.62. The van der Waals surface area contributed by atoms with E-state index in [1.165, 1.54) is 0 Å². The van der Waals surface area contributed by atoms with E-state index in [1.807, 2.05) is 38.1 Å². The lowest BCUT2D eigenvalue weighted by Gasteiger charge is -2.25. The van der Waals surface area contributed by atoms with Crippen LogP contribution in [0.15, 0.2) is 42.5 Å².